The van der Waals surface area contributed by atoms with E-state index in [0.29, 0.717) is 41.7 Å². The van der Waals surface area contributed by atoms with Crippen molar-refractivity contribution >= 4 is 11.6 Å². The summed E-state index contributed by atoms with van der Waals surface area (Å²) in [7, 11) is 0. The van der Waals surface area contributed by atoms with Crippen LogP contribution in [-0.2, 0) is 19.6 Å². The molecule has 0 saturated heterocycles. The van der Waals surface area contributed by atoms with E-state index in [4.69, 9.17) is 16.3 Å². The quantitative estimate of drug-likeness (QED) is 0.289. The smallest absolute Gasteiger partial charge is 0.256 e. The van der Waals surface area contributed by atoms with Crippen molar-refractivity contribution in [1.82, 2.24) is 19.1 Å². The van der Waals surface area contributed by atoms with Crippen molar-refractivity contribution in [2.45, 2.75) is 19.6 Å². The summed E-state index contributed by atoms with van der Waals surface area (Å²) >= 11 is 6.03. The van der Waals surface area contributed by atoms with Crippen molar-refractivity contribution in [3.8, 4) is 17.6 Å². The summed E-state index contributed by atoms with van der Waals surface area (Å²) in [6, 6.07) is 24.4. The van der Waals surface area contributed by atoms with Crippen LogP contribution in [0.15, 0.2) is 103 Å². The van der Waals surface area contributed by atoms with Gasteiger partial charge in [0.1, 0.15) is 24.2 Å². The van der Waals surface area contributed by atoms with Crippen LogP contribution in [0.25, 0.3) is 5.82 Å². The minimum absolute atomic E-state index is 0.197. The monoisotopic (exact) mass is 507 g/mol. The van der Waals surface area contributed by atoms with E-state index >= 15 is 0 Å². The highest BCUT2D eigenvalue weighted by Gasteiger charge is 2.10. The molecule has 3 heterocycles. The number of hydrogen-bond donors (Lipinski definition) is 0. The number of halogens is 1. The lowest BCUT2D eigenvalue weighted by molar-refractivity contribution is 0.305. The largest absolute Gasteiger partial charge is 0.488 e. The third kappa shape index (κ3) is 5.77. The number of benzene rings is 2. The van der Waals surface area contributed by atoms with E-state index in [2.05, 4.69) is 20.6 Å². The summed E-state index contributed by atoms with van der Waals surface area (Å²) in [6.07, 6.45) is 7.52. The third-order valence-corrected chi connectivity index (χ3v) is 6.09. The molecule has 2 aromatic carbocycles. The summed E-state index contributed by atoms with van der Waals surface area (Å²) in [5.41, 5.74) is 4.31. The van der Waals surface area contributed by atoms with Gasteiger partial charge in [-0.1, -0.05) is 54.1 Å². The number of nitrogens with zero attached hydrogens (tertiary/aromatic N) is 5. The first-order valence-electron chi connectivity index (χ1n) is 11.6. The second kappa shape index (κ2) is 10.9. The van der Waals surface area contributed by atoms with Gasteiger partial charge in [0.05, 0.1) is 16.9 Å². The molecule has 37 heavy (non-hydrogen) atoms. The molecule has 7 nitrogen and oxygen atoms in total. The topological polar surface area (TPSA) is 85.7 Å². The van der Waals surface area contributed by atoms with Crippen LogP contribution >= 0.6 is 11.6 Å². The Morgan fingerprint density at radius 2 is 1.78 bits per heavy atom. The molecular formula is C29H22ClN5O2. The van der Waals surface area contributed by atoms with Crippen LogP contribution in [0.5, 0.6) is 5.75 Å². The molecule has 3 aromatic heterocycles. The van der Waals surface area contributed by atoms with E-state index in [0.717, 1.165) is 22.4 Å². The number of ether oxygens (including phenoxy) is 1. The Bertz CT molecular complexity index is 1620. The van der Waals surface area contributed by atoms with Crippen LogP contribution in [0.4, 0.5) is 0 Å². The van der Waals surface area contributed by atoms with Crippen molar-refractivity contribution in [2.24, 2.45) is 0 Å². The third-order valence-electron chi connectivity index (χ3n) is 5.87. The number of imidazole rings is 1. The molecule has 5 rings (SSSR count). The molecule has 5 aromatic rings. The minimum atomic E-state index is -0.197. The highest BCUT2D eigenvalue weighted by atomic mass is 35.5. The zero-order chi connectivity index (χ0) is 25.6. The summed E-state index contributed by atoms with van der Waals surface area (Å²) in [4.78, 5) is 20.9. The number of pyridine rings is 2. The predicted octanol–water partition coefficient (Wildman–Crippen LogP) is 5.17. The Kier molecular flexibility index (Phi) is 7.11. The van der Waals surface area contributed by atoms with Gasteiger partial charge in [-0.2, -0.15) is 5.26 Å². The summed E-state index contributed by atoms with van der Waals surface area (Å²) < 4.78 is 9.44. The van der Waals surface area contributed by atoms with E-state index in [1.807, 2.05) is 54.7 Å². The summed E-state index contributed by atoms with van der Waals surface area (Å²) in [5, 5.41) is 9.98. The maximum absolute atomic E-state index is 12.1. The predicted molar refractivity (Wildman–Crippen MR) is 141 cm³/mol. The lowest BCUT2D eigenvalue weighted by atomic mass is 10.1. The SMILES string of the molecule is N#Cc1ccc(Cn2cncc2Cc2ccc(-n3cc(Cl)ccc3=O)nc2)cc1OCc1ccccc1. The van der Waals surface area contributed by atoms with Crippen LogP contribution in [0.3, 0.4) is 0 Å². The molecule has 0 fully saturated rings. The van der Waals surface area contributed by atoms with Crippen molar-refractivity contribution < 1.29 is 4.74 Å². The van der Waals surface area contributed by atoms with Crippen molar-refractivity contribution in [3.63, 3.8) is 0 Å². The normalized spacial score (nSPS) is 10.7. The standard InChI is InChI=1S/C29H22ClN5O2/c30-25-9-11-29(36)35(18-25)28-10-7-22(15-33-28)12-26-16-32-20-34(26)17-23-6-8-24(14-31)27(13-23)37-19-21-4-2-1-3-5-21/h1-11,13,15-16,18,20H,12,17,19H2. The van der Waals surface area contributed by atoms with Crippen LogP contribution in [0, 0.1) is 11.3 Å². The molecule has 0 N–H and O–H groups in total. The maximum Gasteiger partial charge on any atom is 0.256 e. The molecule has 182 valence electrons. The zero-order valence-corrected chi connectivity index (χ0v) is 20.5. The molecule has 0 radical (unpaired) electrons. The molecule has 8 heteroatoms. The van der Waals surface area contributed by atoms with Gasteiger partial charge in [-0.05, 0) is 41.0 Å². The molecule has 0 spiro atoms. The molecule has 0 atom stereocenters. The Balaban J connectivity index is 1.30. The average Bonchev–Trinajstić information content (AvgIpc) is 3.36. The summed E-state index contributed by atoms with van der Waals surface area (Å²) in [5.74, 6) is 1.06. The fourth-order valence-corrected chi connectivity index (χ4v) is 4.12. The fraction of sp³-hybridized carbons (Fsp3) is 0.103. The number of aromatic nitrogens is 4. The average molecular weight is 508 g/mol. The first-order valence-corrected chi connectivity index (χ1v) is 12.0. The van der Waals surface area contributed by atoms with E-state index in [1.165, 1.54) is 10.6 Å². The zero-order valence-electron chi connectivity index (χ0n) is 19.8. The first kappa shape index (κ1) is 24.0. The number of rotatable bonds is 8. The molecule has 0 unspecified atom stereocenters. The van der Waals surface area contributed by atoms with E-state index in [1.54, 1.807) is 36.9 Å². The minimum Gasteiger partial charge on any atom is -0.488 e. The van der Waals surface area contributed by atoms with E-state index in [9.17, 15) is 10.1 Å². The lowest BCUT2D eigenvalue weighted by Gasteiger charge is -2.12. The Labute approximate surface area is 218 Å². The Morgan fingerprint density at radius 1 is 0.946 bits per heavy atom. The number of nitriles is 1. The molecular weight excluding hydrogens is 486 g/mol. The highest BCUT2D eigenvalue weighted by molar-refractivity contribution is 6.30. The van der Waals surface area contributed by atoms with Gasteiger partial charge in [0.15, 0.2) is 0 Å². The van der Waals surface area contributed by atoms with Crippen LogP contribution in [0.2, 0.25) is 5.02 Å². The second-order valence-electron chi connectivity index (χ2n) is 8.49. The molecule has 0 amide bonds. The van der Waals surface area contributed by atoms with Gasteiger partial charge in [0.2, 0.25) is 0 Å². The van der Waals surface area contributed by atoms with E-state index < -0.39 is 0 Å². The fourth-order valence-electron chi connectivity index (χ4n) is 3.96. The molecule has 0 bridgehead atoms. The van der Waals surface area contributed by atoms with Gasteiger partial charge in [-0.3, -0.25) is 9.36 Å². The molecule has 0 aliphatic rings. The maximum atomic E-state index is 12.1. The molecule has 0 aliphatic heterocycles. The number of hydrogen-bond acceptors (Lipinski definition) is 5. The first-order chi connectivity index (χ1) is 18.1. The van der Waals surface area contributed by atoms with Crippen LogP contribution in [-0.4, -0.2) is 19.1 Å². The highest BCUT2D eigenvalue weighted by Crippen LogP contribution is 2.22. The van der Waals surface area contributed by atoms with Gasteiger partial charge in [0.25, 0.3) is 5.56 Å². The van der Waals surface area contributed by atoms with Crippen LogP contribution in [0.1, 0.15) is 27.9 Å². The Hall–Kier alpha value is -4.67. The lowest BCUT2D eigenvalue weighted by Crippen LogP contribution is -2.17. The van der Waals surface area contributed by atoms with Crippen molar-refractivity contribution in [3.05, 3.63) is 141 Å². The van der Waals surface area contributed by atoms with E-state index in [-0.39, 0.29) is 5.56 Å². The van der Waals surface area contributed by atoms with Crippen LogP contribution < -0.4 is 10.3 Å². The second-order valence-corrected chi connectivity index (χ2v) is 8.92. The van der Waals surface area contributed by atoms with Gasteiger partial charge in [0, 0.05) is 43.3 Å². The van der Waals surface area contributed by atoms with Gasteiger partial charge in [-0.25, -0.2) is 9.97 Å². The Morgan fingerprint density at radius 3 is 2.57 bits per heavy atom. The van der Waals surface area contributed by atoms with Gasteiger partial charge < -0.3 is 9.30 Å². The molecule has 0 saturated carbocycles. The summed E-state index contributed by atoms with van der Waals surface area (Å²) in [6.45, 7) is 0.964. The van der Waals surface area contributed by atoms with Crippen molar-refractivity contribution in [2.75, 3.05) is 0 Å². The van der Waals surface area contributed by atoms with Gasteiger partial charge >= 0.3 is 0 Å². The van der Waals surface area contributed by atoms with Crippen molar-refractivity contribution in [1.29, 1.82) is 5.26 Å². The molecule has 0 aliphatic carbocycles. The van der Waals surface area contributed by atoms with Gasteiger partial charge in [-0.15, -0.1) is 0 Å².